The molecule has 2 N–H and O–H groups in total. The van der Waals surface area contributed by atoms with Crippen LogP contribution >= 0.6 is 0 Å². The third-order valence-electron chi connectivity index (χ3n) is 3.71. The van der Waals surface area contributed by atoms with E-state index in [1.807, 2.05) is 30.3 Å². The Morgan fingerprint density at radius 3 is 2.19 bits per heavy atom. The second-order valence-electron chi connectivity index (χ2n) is 5.38. The Morgan fingerprint density at radius 2 is 1.69 bits per heavy atom. The standard InChI is InChI=1S/C19H21N3O4/c1-24-16-10-14(11-17(25-2)19(16)26-3)15(12-20)21-22-18(23)9-13-7-5-4-6-8-13/h4-8,10-11,15,21H,9H2,1-3H3,(H,22,23)/t15-/m1/s1. The summed E-state index contributed by atoms with van der Waals surface area (Å²) in [6.45, 7) is 0. The summed E-state index contributed by atoms with van der Waals surface area (Å²) in [6, 6.07) is 14.0. The molecule has 0 heterocycles. The molecule has 0 saturated heterocycles. The fourth-order valence-corrected chi connectivity index (χ4v) is 2.44. The molecule has 1 amide bonds. The molecule has 0 unspecified atom stereocenters. The van der Waals surface area contributed by atoms with Crippen LogP contribution in [0.5, 0.6) is 17.2 Å². The third kappa shape index (κ3) is 4.65. The Kier molecular flexibility index (Phi) is 6.83. The minimum absolute atomic E-state index is 0.210. The maximum Gasteiger partial charge on any atom is 0.238 e. The van der Waals surface area contributed by atoms with E-state index in [0.717, 1.165) is 5.56 Å². The van der Waals surface area contributed by atoms with Gasteiger partial charge >= 0.3 is 0 Å². The van der Waals surface area contributed by atoms with Crippen LogP contribution in [0.4, 0.5) is 0 Å². The largest absolute Gasteiger partial charge is 0.493 e. The van der Waals surface area contributed by atoms with Gasteiger partial charge in [-0.2, -0.15) is 5.26 Å². The van der Waals surface area contributed by atoms with Crippen molar-refractivity contribution in [2.45, 2.75) is 12.5 Å². The average molecular weight is 355 g/mol. The highest BCUT2D eigenvalue weighted by Gasteiger charge is 2.19. The van der Waals surface area contributed by atoms with E-state index < -0.39 is 6.04 Å². The lowest BCUT2D eigenvalue weighted by Gasteiger charge is -2.17. The number of methoxy groups -OCH3 is 3. The fraction of sp³-hybridized carbons (Fsp3) is 0.263. The molecule has 0 saturated carbocycles. The number of amides is 1. The molecule has 0 aliphatic carbocycles. The number of hydrazine groups is 1. The third-order valence-corrected chi connectivity index (χ3v) is 3.71. The molecule has 0 radical (unpaired) electrons. The molecule has 0 fully saturated rings. The molecule has 136 valence electrons. The summed E-state index contributed by atoms with van der Waals surface area (Å²) in [5.74, 6) is 1.05. The minimum Gasteiger partial charge on any atom is -0.493 e. The molecule has 26 heavy (non-hydrogen) atoms. The Balaban J connectivity index is 2.11. The first-order valence-corrected chi connectivity index (χ1v) is 7.90. The van der Waals surface area contributed by atoms with Gasteiger partial charge in [0, 0.05) is 0 Å². The number of benzene rings is 2. The molecule has 0 aromatic heterocycles. The number of hydrogen-bond donors (Lipinski definition) is 2. The van der Waals surface area contributed by atoms with Crippen molar-refractivity contribution in [3.8, 4) is 23.3 Å². The predicted octanol–water partition coefficient (Wildman–Crippen LogP) is 2.14. The van der Waals surface area contributed by atoms with Gasteiger partial charge in [-0.05, 0) is 23.3 Å². The van der Waals surface area contributed by atoms with Gasteiger partial charge in [0.2, 0.25) is 11.7 Å². The number of rotatable bonds is 8. The van der Waals surface area contributed by atoms with Gasteiger partial charge in [-0.15, -0.1) is 0 Å². The van der Waals surface area contributed by atoms with Crippen molar-refractivity contribution >= 4 is 5.91 Å². The number of hydrogen-bond acceptors (Lipinski definition) is 6. The molecule has 7 nitrogen and oxygen atoms in total. The van der Waals surface area contributed by atoms with Crippen LogP contribution in [0.1, 0.15) is 17.2 Å². The van der Waals surface area contributed by atoms with E-state index in [9.17, 15) is 10.1 Å². The van der Waals surface area contributed by atoms with Crippen LogP contribution in [0.25, 0.3) is 0 Å². The van der Waals surface area contributed by atoms with Crippen molar-refractivity contribution in [3.63, 3.8) is 0 Å². The quantitative estimate of drug-likeness (QED) is 0.705. The van der Waals surface area contributed by atoms with Gasteiger partial charge in [0.15, 0.2) is 11.5 Å². The van der Waals surface area contributed by atoms with Crippen molar-refractivity contribution in [1.29, 1.82) is 5.26 Å². The van der Waals surface area contributed by atoms with Gasteiger partial charge < -0.3 is 14.2 Å². The zero-order valence-electron chi connectivity index (χ0n) is 14.9. The van der Waals surface area contributed by atoms with Crippen LogP contribution in [0.15, 0.2) is 42.5 Å². The predicted molar refractivity (Wildman–Crippen MR) is 95.9 cm³/mol. The van der Waals surface area contributed by atoms with Crippen LogP contribution in [0, 0.1) is 11.3 Å². The topological polar surface area (TPSA) is 92.6 Å². The molecule has 0 aliphatic heterocycles. The molecule has 0 spiro atoms. The van der Waals surface area contributed by atoms with Gasteiger partial charge in [-0.1, -0.05) is 30.3 Å². The summed E-state index contributed by atoms with van der Waals surface area (Å²) in [6.07, 6.45) is 0.210. The molecule has 2 aromatic carbocycles. The first-order chi connectivity index (χ1) is 12.6. The summed E-state index contributed by atoms with van der Waals surface area (Å²) in [4.78, 5) is 12.1. The highest BCUT2D eigenvalue weighted by molar-refractivity contribution is 5.78. The lowest BCUT2D eigenvalue weighted by Crippen LogP contribution is -2.40. The molecule has 0 bridgehead atoms. The molecular weight excluding hydrogens is 334 g/mol. The van der Waals surface area contributed by atoms with E-state index in [1.165, 1.54) is 21.3 Å². The highest BCUT2D eigenvalue weighted by Crippen LogP contribution is 2.39. The van der Waals surface area contributed by atoms with E-state index in [2.05, 4.69) is 16.9 Å². The van der Waals surface area contributed by atoms with Crippen LogP contribution in [-0.2, 0) is 11.2 Å². The van der Waals surface area contributed by atoms with Crippen molar-refractivity contribution in [1.82, 2.24) is 10.9 Å². The number of nitrogens with one attached hydrogen (secondary N) is 2. The highest BCUT2D eigenvalue weighted by atomic mass is 16.5. The van der Waals surface area contributed by atoms with E-state index in [-0.39, 0.29) is 12.3 Å². The summed E-state index contributed by atoms with van der Waals surface area (Å²) >= 11 is 0. The van der Waals surface area contributed by atoms with Crippen molar-refractivity contribution in [2.24, 2.45) is 0 Å². The SMILES string of the molecule is COc1cc([C@@H](C#N)NNC(=O)Cc2ccccc2)cc(OC)c1OC. The molecule has 2 rings (SSSR count). The van der Waals surface area contributed by atoms with E-state index in [4.69, 9.17) is 14.2 Å². The maximum absolute atomic E-state index is 12.1. The normalized spacial score (nSPS) is 11.2. The average Bonchev–Trinajstić information content (AvgIpc) is 2.68. The van der Waals surface area contributed by atoms with Gasteiger partial charge in [-0.25, -0.2) is 5.43 Å². The number of nitriles is 1. The number of carbonyl (C=O) groups excluding carboxylic acids is 1. The van der Waals surface area contributed by atoms with E-state index >= 15 is 0 Å². The molecule has 7 heteroatoms. The summed E-state index contributed by atoms with van der Waals surface area (Å²) < 4.78 is 15.8. The van der Waals surface area contributed by atoms with Gasteiger partial charge in [0.1, 0.15) is 6.04 Å². The zero-order valence-corrected chi connectivity index (χ0v) is 14.9. The van der Waals surface area contributed by atoms with Crippen LogP contribution < -0.4 is 25.1 Å². The molecule has 0 aliphatic rings. The van der Waals surface area contributed by atoms with Gasteiger partial charge in [-0.3, -0.25) is 10.2 Å². The van der Waals surface area contributed by atoms with Crippen molar-refractivity contribution in [2.75, 3.05) is 21.3 Å². The minimum atomic E-state index is -0.788. The lowest BCUT2D eigenvalue weighted by atomic mass is 10.1. The van der Waals surface area contributed by atoms with Crippen LogP contribution in [0.2, 0.25) is 0 Å². The Morgan fingerprint density at radius 1 is 1.08 bits per heavy atom. The second kappa shape index (κ2) is 9.30. The summed E-state index contributed by atoms with van der Waals surface area (Å²) in [7, 11) is 4.50. The van der Waals surface area contributed by atoms with E-state index in [0.29, 0.717) is 22.8 Å². The first-order valence-electron chi connectivity index (χ1n) is 7.90. The van der Waals surface area contributed by atoms with Gasteiger partial charge in [0.25, 0.3) is 0 Å². The van der Waals surface area contributed by atoms with Crippen LogP contribution in [-0.4, -0.2) is 27.2 Å². The summed E-state index contributed by atoms with van der Waals surface area (Å²) in [5.41, 5.74) is 6.75. The molecule has 2 aromatic rings. The first kappa shape index (κ1) is 19.1. The number of nitrogens with zero attached hydrogens (tertiary/aromatic N) is 1. The fourth-order valence-electron chi connectivity index (χ4n) is 2.44. The Labute approximate surface area is 152 Å². The summed E-state index contributed by atoms with van der Waals surface area (Å²) in [5, 5.41) is 9.46. The van der Waals surface area contributed by atoms with Crippen LogP contribution in [0.3, 0.4) is 0 Å². The Hall–Kier alpha value is -3.24. The number of ether oxygens (including phenoxy) is 3. The van der Waals surface area contributed by atoms with Crippen molar-refractivity contribution in [3.05, 3.63) is 53.6 Å². The van der Waals surface area contributed by atoms with Crippen molar-refractivity contribution < 1.29 is 19.0 Å². The van der Waals surface area contributed by atoms with Gasteiger partial charge in [0.05, 0.1) is 33.8 Å². The smallest absolute Gasteiger partial charge is 0.238 e. The Bertz CT molecular complexity index is 762. The second-order valence-corrected chi connectivity index (χ2v) is 5.38. The molecular formula is C19H21N3O4. The van der Waals surface area contributed by atoms with E-state index in [1.54, 1.807) is 12.1 Å². The molecule has 1 atom stereocenters. The maximum atomic E-state index is 12.1. The zero-order chi connectivity index (χ0) is 18.9. The lowest BCUT2D eigenvalue weighted by molar-refractivity contribution is -0.121. The monoisotopic (exact) mass is 355 g/mol. The number of carbonyl (C=O) groups is 1.